The van der Waals surface area contributed by atoms with Crippen LogP contribution in [0.4, 0.5) is 0 Å². The third-order valence-electron chi connectivity index (χ3n) is 4.11. The molecule has 0 saturated carbocycles. The zero-order valence-corrected chi connectivity index (χ0v) is 11.7. The highest BCUT2D eigenvalue weighted by molar-refractivity contribution is 5.88. The summed E-state index contributed by atoms with van der Waals surface area (Å²) >= 11 is 0. The molecule has 0 bridgehead atoms. The second-order valence-electron chi connectivity index (χ2n) is 5.56. The van der Waals surface area contributed by atoms with E-state index in [1.54, 1.807) is 4.90 Å². The van der Waals surface area contributed by atoms with Crippen LogP contribution < -0.4 is 0 Å². The summed E-state index contributed by atoms with van der Waals surface area (Å²) in [6.07, 6.45) is 5.67. The predicted octanol–water partition coefficient (Wildman–Crippen LogP) is 0.855. The molecule has 0 spiro atoms. The number of likely N-dealkylation sites (tertiary alicyclic amines) is 2. The van der Waals surface area contributed by atoms with Crippen LogP contribution in [-0.2, 0) is 14.4 Å². The van der Waals surface area contributed by atoms with E-state index in [-0.39, 0.29) is 18.4 Å². The Hall–Kier alpha value is -1.59. The predicted molar refractivity (Wildman–Crippen MR) is 72.0 cm³/mol. The monoisotopic (exact) mass is 282 g/mol. The van der Waals surface area contributed by atoms with Gasteiger partial charge in [0.25, 0.3) is 0 Å². The minimum Gasteiger partial charge on any atom is -0.480 e. The van der Waals surface area contributed by atoms with E-state index >= 15 is 0 Å². The second-order valence-corrected chi connectivity index (χ2v) is 5.56. The zero-order chi connectivity index (χ0) is 14.5. The molecule has 0 aliphatic carbocycles. The van der Waals surface area contributed by atoms with Crippen LogP contribution in [0.15, 0.2) is 0 Å². The molecule has 2 heterocycles. The molecule has 0 aromatic carbocycles. The lowest BCUT2D eigenvalue weighted by Gasteiger charge is -2.28. The van der Waals surface area contributed by atoms with Crippen LogP contribution in [0.25, 0.3) is 0 Å². The van der Waals surface area contributed by atoms with Crippen LogP contribution in [0.1, 0.15) is 44.9 Å². The molecule has 2 rings (SSSR count). The van der Waals surface area contributed by atoms with Gasteiger partial charge in [-0.1, -0.05) is 12.8 Å². The fourth-order valence-electron chi connectivity index (χ4n) is 2.96. The van der Waals surface area contributed by atoms with E-state index in [1.165, 1.54) is 4.90 Å². The summed E-state index contributed by atoms with van der Waals surface area (Å²) in [6.45, 7) is 1.12. The summed E-state index contributed by atoms with van der Waals surface area (Å²) in [5.41, 5.74) is 0. The topological polar surface area (TPSA) is 77.9 Å². The normalized spacial score (nSPS) is 24.4. The maximum atomic E-state index is 12.2. The van der Waals surface area contributed by atoms with Gasteiger partial charge >= 0.3 is 5.97 Å². The van der Waals surface area contributed by atoms with Crippen LogP contribution in [-0.4, -0.2) is 58.4 Å². The molecule has 6 nitrogen and oxygen atoms in total. The highest BCUT2D eigenvalue weighted by Crippen LogP contribution is 2.18. The third kappa shape index (κ3) is 3.49. The first-order valence-corrected chi connectivity index (χ1v) is 7.39. The zero-order valence-electron chi connectivity index (χ0n) is 11.7. The summed E-state index contributed by atoms with van der Waals surface area (Å²) < 4.78 is 0. The third-order valence-corrected chi connectivity index (χ3v) is 4.11. The summed E-state index contributed by atoms with van der Waals surface area (Å²) in [7, 11) is 0. The Bertz CT molecular complexity index is 397. The molecular formula is C14H22N2O4. The van der Waals surface area contributed by atoms with Gasteiger partial charge in [0.15, 0.2) is 0 Å². The summed E-state index contributed by atoms with van der Waals surface area (Å²) in [4.78, 5) is 38.3. The first-order chi connectivity index (χ1) is 9.59. The van der Waals surface area contributed by atoms with Crippen molar-refractivity contribution in [3.05, 3.63) is 0 Å². The molecule has 1 N–H and O–H groups in total. The average Bonchev–Trinajstić information content (AvgIpc) is 2.88. The number of hydrogen-bond acceptors (Lipinski definition) is 3. The standard InChI is InChI=1S/C14H22N2O4/c17-12-7-3-1-2-4-8-15(12)10-13(18)16-9-5-6-11(16)14(19)20/h11H,1-10H2,(H,19,20)/t11-/m1/s1. The molecule has 0 aromatic heterocycles. The van der Waals surface area contributed by atoms with Gasteiger partial charge in [0.1, 0.15) is 6.04 Å². The van der Waals surface area contributed by atoms with E-state index in [0.717, 1.165) is 32.1 Å². The molecule has 6 heteroatoms. The van der Waals surface area contributed by atoms with Crippen molar-refractivity contribution in [3.8, 4) is 0 Å². The van der Waals surface area contributed by atoms with E-state index in [9.17, 15) is 14.4 Å². The Morgan fingerprint density at radius 3 is 2.60 bits per heavy atom. The Kier molecular flexibility index (Phi) is 4.98. The van der Waals surface area contributed by atoms with Crippen LogP contribution in [0.3, 0.4) is 0 Å². The lowest BCUT2D eigenvalue weighted by molar-refractivity contribution is -0.149. The van der Waals surface area contributed by atoms with Crippen molar-refractivity contribution in [2.45, 2.75) is 51.0 Å². The summed E-state index contributed by atoms with van der Waals surface area (Å²) in [5, 5.41) is 9.10. The van der Waals surface area contributed by atoms with E-state index < -0.39 is 12.0 Å². The average molecular weight is 282 g/mol. The molecule has 0 radical (unpaired) electrons. The van der Waals surface area contributed by atoms with Gasteiger partial charge in [0.2, 0.25) is 11.8 Å². The van der Waals surface area contributed by atoms with Crippen molar-refractivity contribution >= 4 is 17.8 Å². The van der Waals surface area contributed by atoms with Gasteiger partial charge in [0, 0.05) is 19.5 Å². The van der Waals surface area contributed by atoms with E-state index in [0.29, 0.717) is 25.9 Å². The Labute approximate surface area is 118 Å². The highest BCUT2D eigenvalue weighted by atomic mass is 16.4. The molecule has 1 atom stereocenters. The highest BCUT2D eigenvalue weighted by Gasteiger charge is 2.34. The van der Waals surface area contributed by atoms with E-state index in [2.05, 4.69) is 0 Å². The number of carbonyl (C=O) groups is 3. The molecule has 112 valence electrons. The Morgan fingerprint density at radius 1 is 1.10 bits per heavy atom. The molecule has 2 fully saturated rings. The van der Waals surface area contributed by atoms with Crippen LogP contribution in [0.2, 0.25) is 0 Å². The minimum atomic E-state index is -0.949. The van der Waals surface area contributed by atoms with Gasteiger partial charge in [-0.25, -0.2) is 4.79 Å². The molecule has 2 aliphatic rings. The Morgan fingerprint density at radius 2 is 1.85 bits per heavy atom. The fraction of sp³-hybridized carbons (Fsp3) is 0.786. The van der Waals surface area contributed by atoms with Crippen molar-refractivity contribution in [2.75, 3.05) is 19.6 Å². The van der Waals surface area contributed by atoms with Gasteiger partial charge in [-0.15, -0.1) is 0 Å². The van der Waals surface area contributed by atoms with Gasteiger partial charge in [0.05, 0.1) is 6.54 Å². The number of amides is 2. The molecular weight excluding hydrogens is 260 g/mol. The summed E-state index contributed by atoms with van der Waals surface area (Å²) in [6, 6.07) is -0.715. The maximum absolute atomic E-state index is 12.2. The largest absolute Gasteiger partial charge is 0.480 e. The fourth-order valence-corrected chi connectivity index (χ4v) is 2.96. The van der Waals surface area contributed by atoms with Crippen molar-refractivity contribution in [3.63, 3.8) is 0 Å². The second kappa shape index (κ2) is 6.72. The summed E-state index contributed by atoms with van der Waals surface area (Å²) in [5.74, 6) is -1.16. The number of nitrogens with zero attached hydrogens (tertiary/aromatic N) is 2. The quantitative estimate of drug-likeness (QED) is 0.832. The number of carboxylic acids is 1. The van der Waals surface area contributed by atoms with Crippen LogP contribution >= 0.6 is 0 Å². The molecule has 2 aliphatic heterocycles. The Balaban J connectivity index is 1.95. The lowest BCUT2D eigenvalue weighted by atomic mass is 10.1. The van der Waals surface area contributed by atoms with Crippen LogP contribution in [0, 0.1) is 0 Å². The molecule has 2 saturated heterocycles. The molecule has 20 heavy (non-hydrogen) atoms. The van der Waals surface area contributed by atoms with Crippen LogP contribution in [0.5, 0.6) is 0 Å². The number of carboxylic acid groups (broad SMARTS) is 1. The molecule has 0 unspecified atom stereocenters. The van der Waals surface area contributed by atoms with E-state index in [1.807, 2.05) is 0 Å². The van der Waals surface area contributed by atoms with Gasteiger partial charge < -0.3 is 14.9 Å². The SMILES string of the molecule is O=C(O)[C@H]1CCCN1C(=O)CN1CCCCCCC1=O. The number of aliphatic carboxylic acids is 1. The number of carbonyl (C=O) groups excluding carboxylic acids is 2. The van der Waals surface area contributed by atoms with Crippen molar-refractivity contribution < 1.29 is 19.5 Å². The molecule has 0 aromatic rings. The smallest absolute Gasteiger partial charge is 0.326 e. The maximum Gasteiger partial charge on any atom is 0.326 e. The van der Waals surface area contributed by atoms with Crippen molar-refractivity contribution in [1.29, 1.82) is 0 Å². The van der Waals surface area contributed by atoms with Gasteiger partial charge in [-0.2, -0.15) is 0 Å². The number of hydrogen-bond donors (Lipinski definition) is 1. The lowest BCUT2D eigenvalue weighted by Crippen LogP contribution is -2.47. The van der Waals surface area contributed by atoms with Crippen molar-refractivity contribution in [2.24, 2.45) is 0 Å². The first-order valence-electron chi connectivity index (χ1n) is 7.39. The van der Waals surface area contributed by atoms with Gasteiger partial charge in [-0.3, -0.25) is 9.59 Å². The number of rotatable bonds is 3. The van der Waals surface area contributed by atoms with Crippen molar-refractivity contribution in [1.82, 2.24) is 9.80 Å². The van der Waals surface area contributed by atoms with Gasteiger partial charge in [-0.05, 0) is 25.7 Å². The minimum absolute atomic E-state index is 0.0177. The van der Waals surface area contributed by atoms with E-state index in [4.69, 9.17) is 5.11 Å². The first kappa shape index (κ1) is 14.8. The molecule has 2 amide bonds.